The van der Waals surface area contributed by atoms with Crippen LogP contribution in [-0.4, -0.2) is 5.11 Å². The maximum Gasteiger partial charge on any atom is 0.185 e. The molecule has 3 rings (SSSR count). The maximum absolute atomic E-state index is 10.2. The Morgan fingerprint density at radius 1 is 0.692 bits per heavy atom. The second-order valence-electron chi connectivity index (χ2n) is 5.86. The van der Waals surface area contributed by atoms with Gasteiger partial charge >= 0.3 is 0 Å². The zero-order chi connectivity index (χ0) is 19.0. The van der Waals surface area contributed by atoms with Gasteiger partial charge in [-0.25, -0.2) is 0 Å². The first-order valence-corrected chi connectivity index (χ1v) is 10.5. The van der Waals surface area contributed by atoms with Crippen LogP contribution in [0.1, 0.15) is 11.1 Å². The molecule has 1 nitrogen and oxygen atoms in total. The number of aryl methyl sites for hydroxylation is 2. The maximum atomic E-state index is 10.2. The van der Waals surface area contributed by atoms with E-state index in [9.17, 15) is 5.11 Å². The molecule has 0 amide bonds. The predicted octanol–water partition coefficient (Wildman–Crippen LogP) is 7.72. The van der Waals surface area contributed by atoms with Crippen molar-refractivity contribution < 1.29 is 5.11 Å². The lowest BCUT2D eigenvalue weighted by Gasteiger charge is -2.13. The number of rotatable bonds is 3. The lowest BCUT2D eigenvalue weighted by Crippen LogP contribution is -2.07. The van der Waals surface area contributed by atoms with Gasteiger partial charge in [0, 0.05) is 22.2 Å². The Bertz CT molecular complexity index is 913. The fraction of sp³-hybridized carbons (Fsp3) is 0.100. The molecule has 0 aliphatic carbocycles. The van der Waals surface area contributed by atoms with Crippen molar-refractivity contribution in [3.8, 4) is 5.75 Å². The lowest BCUT2D eigenvalue weighted by atomic mass is 10.1. The fourth-order valence-corrected chi connectivity index (χ4v) is 6.22. The van der Waals surface area contributed by atoms with Crippen LogP contribution in [0.3, 0.4) is 0 Å². The van der Waals surface area contributed by atoms with E-state index in [2.05, 4.69) is 0 Å². The molecular formula is C20H15Cl4OS+. The summed E-state index contributed by atoms with van der Waals surface area (Å²) in [7, 11) is -0.575. The SMILES string of the molecule is Cc1cc([S+](c2ccc(Cl)cc2Cl)c2ccc(Cl)cc2Cl)cc(C)c1O. The van der Waals surface area contributed by atoms with Gasteiger partial charge in [0.1, 0.15) is 16.6 Å². The van der Waals surface area contributed by atoms with Crippen LogP contribution in [0.2, 0.25) is 20.1 Å². The van der Waals surface area contributed by atoms with Crippen molar-refractivity contribution in [1.29, 1.82) is 0 Å². The molecule has 0 unspecified atom stereocenters. The Hall–Kier alpha value is -1.03. The molecular weight excluding hydrogens is 430 g/mol. The third-order valence-electron chi connectivity index (χ3n) is 3.93. The van der Waals surface area contributed by atoms with Crippen LogP contribution in [0.25, 0.3) is 0 Å². The van der Waals surface area contributed by atoms with E-state index < -0.39 is 10.9 Å². The monoisotopic (exact) mass is 443 g/mol. The molecule has 0 atom stereocenters. The Morgan fingerprint density at radius 3 is 1.50 bits per heavy atom. The van der Waals surface area contributed by atoms with Gasteiger partial charge in [0.25, 0.3) is 0 Å². The van der Waals surface area contributed by atoms with E-state index in [1.807, 2.05) is 50.2 Å². The number of hydrogen-bond donors (Lipinski definition) is 1. The summed E-state index contributed by atoms with van der Waals surface area (Å²) in [4.78, 5) is 2.82. The zero-order valence-electron chi connectivity index (χ0n) is 14.0. The summed E-state index contributed by atoms with van der Waals surface area (Å²) in [6.07, 6.45) is 0. The molecule has 0 aliphatic rings. The van der Waals surface area contributed by atoms with Crippen molar-refractivity contribution in [3.63, 3.8) is 0 Å². The first-order valence-electron chi connectivity index (χ1n) is 7.72. The number of halogens is 4. The molecule has 0 spiro atoms. The molecule has 3 aromatic rings. The Labute approximate surface area is 175 Å². The smallest absolute Gasteiger partial charge is 0.185 e. The van der Waals surface area contributed by atoms with Gasteiger partial charge in [-0.1, -0.05) is 46.4 Å². The van der Waals surface area contributed by atoms with Crippen LogP contribution < -0.4 is 0 Å². The highest BCUT2D eigenvalue weighted by Crippen LogP contribution is 2.41. The van der Waals surface area contributed by atoms with Crippen molar-refractivity contribution in [1.82, 2.24) is 0 Å². The van der Waals surface area contributed by atoms with Crippen LogP contribution in [-0.2, 0) is 10.9 Å². The summed E-state index contributed by atoms with van der Waals surface area (Å²) in [5, 5.41) is 12.4. The van der Waals surface area contributed by atoms with E-state index >= 15 is 0 Å². The average Bonchev–Trinajstić information content (AvgIpc) is 2.56. The average molecular weight is 445 g/mol. The second-order valence-corrected chi connectivity index (χ2v) is 9.51. The van der Waals surface area contributed by atoms with Gasteiger partial charge in [-0.05, 0) is 61.4 Å². The second kappa shape index (κ2) is 7.92. The summed E-state index contributed by atoms with van der Waals surface area (Å²) in [6.45, 7) is 3.75. The molecule has 0 saturated heterocycles. The van der Waals surface area contributed by atoms with Crippen LogP contribution in [0.4, 0.5) is 0 Å². The van der Waals surface area contributed by atoms with Gasteiger partial charge in [0.15, 0.2) is 14.7 Å². The molecule has 0 radical (unpaired) electrons. The molecule has 0 aromatic heterocycles. The van der Waals surface area contributed by atoms with E-state index in [4.69, 9.17) is 46.4 Å². The quantitative estimate of drug-likeness (QED) is 0.410. The number of benzene rings is 3. The first kappa shape index (κ1) is 19.7. The largest absolute Gasteiger partial charge is 0.507 e. The Morgan fingerprint density at radius 2 is 1.12 bits per heavy atom. The van der Waals surface area contributed by atoms with Crippen LogP contribution >= 0.6 is 46.4 Å². The lowest BCUT2D eigenvalue weighted by molar-refractivity contribution is 0.466. The highest BCUT2D eigenvalue weighted by atomic mass is 35.5. The number of phenols is 1. The number of phenolic OH excluding ortho intramolecular Hbond substituents is 1. The van der Waals surface area contributed by atoms with Gasteiger partial charge in [-0.2, -0.15) is 0 Å². The van der Waals surface area contributed by atoms with Crippen molar-refractivity contribution in [2.75, 3.05) is 0 Å². The van der Waals surface area contributed by atoms with E-state index in [0.717, 1.165) is 25.8 Å². The molecule has 3 aromatic carbocycles. The third kappa shape index (κ3) is 3.95. The van der Waals surface area contributed by atoms with E-state index in [1.54, 1.807) is 12.1 Å². The van der Waals surface area contributed by atoms with Crippen molar-refractivity contribution in [2.24, 2.45) is 0 Å². The van der Waals surface area contributed by atoms with Gasteiger partial charge in [-0.3, -0.25) is 0 Å². The summed E-state index contributed by atoms with van der Waals surface area (Å²) < 4.78 is 0. The fourth-order valence-electron chi connectivity index (χ4n) is 2.69. The van der Waals surface area contributed by atoms with Gasteiger partial charge < -0.3 is 5.11 Å². The van der Waals surface area contributed by atoms with Crippen LogP contribution in [0.5, 0.6) is 5.75 Å². The van der Waals surface area contributed by atoms with Crippen LogP contribution in [0, 0.1) is 13.8 Å². The number of hydrogen-bond acceptors (Lipinski definition) is 1. The summed E-state index contributed by atoms with van der Waals surface area (Å²) in [6, 6.07) is 14.8. The van der Waals surface area contributed by atoms with E-state index in [-0.39, 0.29) is 0 Å². The van der Waals surface area contributed by atoms with Crippen LogP contribution in [0.15, 0.2) is 63.2 Å². The Kier molecular flexibility index (Phi) is 6.01. The highest BCUT2D eigenvalue weighted by Gasteiger charge is 2.34. The van der Waals surface area contributed by atoms with Crippen molar-refractivity contribution >= 4 is 57.3 Å². The normalized spacial score (nSPS) is 11.2. The first-order chi connectivity index (χ1) is 12.3. The molecule has 1 N–H and O–H groups in total. The summed E-state index contributed by atoms with van der Waals surface area (Å²) in [5.74, 6) is 0.293. The third-order valence-corrected chi connectivity index (χ3v) is 7.55. The van der Waals surface area contributed by atoms with Crippen molar-refractivity contribution in [3.05, 3.63) is 79.7 Å². The summed E-state index contributed by atoms with van der Waals surface area (Å²) in [5.41, 5.74) is 1.60. The summed E-state index contributed by atoms with van der Waals surface area (Å²) >= 11 is 25.2. The molecule has 26 heavy (non-hydrogen) atoms. The number of aromatic hydroxyl groups is 1. The standard InChI is InChI=1S/C20H14Cl4OS/c1-11-7-15(8-12(2)20(11)25)26(18-5-3-13(21)9-16(18)23)19-6-4-14(22)10-17(19)24/h3-10H,1-2H3/p+1. The van der Waals surface area contributed by atoms with E-state index in [1.165, 1.54) is 0 Å². The molecule has 0 bridgehead atoms. The van der Waals surface area contributed by atoms with Crippen molar-refractivity contribution in [2.45, 2.75) is 28.5 Å². The van der Waals surface area contributed by atoms with Gasteiger partial charge in [0.05, 0.1) is 10.0 Å². The molecule has 0 saturated carbocycles. The minimum absolute atomic E-state index is 0.293. The molecule has 0 fully saturated rings. The van der Waals surface area contributed by atoms with E-state index in [0.29, 0.717) is 25.8 Å². The molecule has 0 heterocycles. The van der Waals surface area contributed by atoms with Gasteiger partial charge in [-0.15, -0.1) is 0 Å². The Balaban J connectivity index is 2.29. The highest BCUT2D eigenvalue weighted by molar-refractivity contribution is 7.97. The molecule has 6 heteroatoms. The molecule has 0 aliphatic heterocycles. The predicted molar refractivity (Wildman–Crippen MR) is 113 cm³/mol. The minimum Gasteiger partial charge on any atom is -0.507 e. The molecule has 134 valence electrons. The zero-order valence-corrected chi connectivity index (χ0v) is 17.8. The topological polar surface area (TPSA) is 20.2 Å². The van der Waals surface area contributed by atoms with Gasteiger partial charge in [0.2, 0.25) is 0 Å². The minimum atomic E-state index is -0.575.